The van der Waals surface area contributed by atoms with Gasteiger partial charge in [0.25, 0.3) is 0 Å². The standard InChI is InChI=1S/C13H18F2N2O/c1-5-8(2)13(18)16-9-6-10(14)12(17(3)4)11(15)7-9/h6-8H,5H2,1-4H3,(H,16,18)/t8-/m1/s1. The summed E-state index contributed by atoms with van der Waals surface area (Å²) in [4.78, 5) is 13.0. The van der Waals surface area contributed by atoms with Gasteiger partial charge in [0.1, 0.15) is 5.69 Å². The maximum atomic E-state index is 13.7. The molecule has 0 aliphatic carbocycles. The topological polar surface area (TPSA) is 32.3 Å². The second kappa shape index (κ2) is 5.80. The van der Waals surface area contributed by atoms with Crippen LogP contribution in [0.25, 0.3) is 0 Å². The van der Waals surface area contributed by atoms with Crippen LogP contribution in [-0.4, -0.2) is 20.0 Å². The van der Waals surface area contributed by atoms with Crippen molar-refractivity contribution in [2.24, 2.45) is 5.92 Å². The zero-order valence-electron chi connectivity index (χ0n) is 11.1. The molecule has 0 unspecified atom stereocenters. The Morgan fingerprint density at radius 1 is 1.33 bits per heavy atom. The lowest BCUT2D eigenvalue weighted by Gasteiger charge is -2.16. The van der Waals surface area contributed by atoms with Crippen molar-refractivity contribution in [1.82, 2.24) is 0 Å². The van der Waals surface area contributed by atoms with E-state index in [-0.39, 0.29) is 23.2 Å². The summed E-state index contributed by atoms with van der Waals surface area (Å²) in [5.41, 5.74) is 0.0254. The van der Waals surface area contributed by atoms with E-state index in [0.29, 0.717) is 6.42 Å². The van der Waals surface area contributed by atoms with Crippen molar-refractivity contribution in [1.29, 1.82) is 0 Å². The first-order valence-electron chi connectivity index (χ1n) is 5.84. The summed E-state index contributed by atoms with van der Waals surface area (Å²) in [6.07, 6.45) is 0.673. The molecule has 1 amide bonds. The summed E-state index contributed by atoms with van der Waals surface area (Å²) in [6, 6.07) is 2.25. The largest absolute Gasteiger partial charge is 0.373 e. The highest BCUT2D eigenvalue weighted by Crippen LogP contribution is 2.25. The molecule has 100 valence electrons. The van der Waals surface area contributed by atoms with Gasteiger partial charge in [-0.3, -0.25) is 4.79 Å². The zero-order valence-corrected chi connectivity index (χ0v) is 11.1. The van der Waals surface area contributed by atoms with Crippen LogP contribution in [0.3, 0.4) is 0 Å². The van der Waals surface area contributed by atoms with Gasteiger partial charge in [0.2, 0.25) is 5.91 Å². The van der Waals surface area contributed by atoms with E-state index in [0.717, 1.165) is 12.1 Å². The highest BCUT2D eigenvalue weighted by molar-refractivity contribution is 5.92. The number of benzene rings is 1. The van der Waals surface area contributed by atoms with Crippen molar-refractivity contribution >= 4 is 17.3 Å². The maximum Gasteiger partial charge on any atom is 0.227 e. The van der Waals surface area contributed by atoms with Gasteiger partial charge in [0, 0.05) is 25.7 Å². The normalized spacial score (nSPS) is 12.1. The Labute approximate surface area is 106 Å². The van der Waals surface area contributed by atoms with Crippen LogP contribution in [0, 0.1) is 17.6 Å². The van der Waals surface area contributed by atoms with Crippen LogP contribution >= 0.6 is 0 Å². The number of rotatable bonds is 4. The maximum absolute atomic E-state index is 13.7. The SMILES string of the molecule is CC[C@@H](C)C(=O)Nc1cc(F)c(N(C)C)c(F)c1. The highest BCUT2D eigenvalue weighted by Gasteiger charge is 2.16. The van der Waals surface area contributed by atoms with Crippen LogP contribution < -0.4 is 10.2 Å². The molecule has 0 bridgehead atoms. The van der Waals surface area contributed by atoms with Crippen LogP contribution in [0.15, 0.2) is 12.1 Å². The van der Waals surface area contributed by atoms with Crippen LogP contribution in [-0.2, 0) is 4.79 Å². The third-order valence-electron chi connectivity index (χ3n) is 2.79. The predicted octanol–water partition coefficient (Wildman–Crippen LogP) is 3.02. The van der Waals surface area contributed by atoms with Crippen molar-refractivity contribution in [3.63, 3.8) is 0 Å². The fraction of sp³-hybridized carbons (Fsp3) is 0.462. The van der Waals surface area contributed by atoms with Gasteiger partial charge in [-0.25, -0.2) is 8.78 Å². The molecule has 0 aromatic heterocycles. The van der Waals surface area contributed by atoms with Crippen LogP contribution in [0.5, 0.6) is 0 Å². The number of amides is 1. The molecule has 0 spiro atoms. The molecule has 1 rings (SSSR count). The van der Waals surface area contributed by atoms with Gasteiger partial charge in [0.15, 0.2) is 11.6 Å². The molecule has 0 saturated heterocycles. The minimum Gasteiger partial charge on any atom is -0.373 e. The van der Waals surface area contributed by atoms with E-state index in [4.69, 9.17) is 0 Å². The van der Waals surface area contributed by atoms with Gasteiger partial charge in [-0.15, -0.1) is 0 Å². The molecule has 0 fully saturated rings. The monoisotopic (exact) mass is 256 g/mol. The van der Waals surface area contributed by atoms with Crippen molar-refractivity contribution in [3.8, 4) is 0 Å². The molecule has 0 radical (unpaired) electrons. The quantitative estimate of drug-likeness (QED) is 0.898. The number of hydrogen-bond acceptors (Lipinski definition) is 2. The fourth-order valence-corrected chi connectivity index (χ4v) is 1.52. The number of carbonyl (C=O) groups excluding carboxylic acids is 1. The summed E-state index contributed by atoms with van der Waals surface area (Å²) < 4.78 is 27.3. The Kier molecular flexibility index (Phi) is 4.64. The van der Waals surface area contributed by atoms with Crippen molar-refractivity contribution in [2.75, 3.05) is 24.3 Å². The molecule has 1 aromatic rings. The lowest BCUT2D eigenvalue weighted by molar-refractivity contribution is -0.119. The summed E-state index contributed by atoms with van der Waals surface area (Å²) in [5.74, 6) is -1.82. The zero-order chi connectivity index (χ0) is 13.9. The van der Waals surface area contributed by atoms with Gasteiger partial charge in [-0.1, -0.05) is 13.8 Å². The molecule has 5 heteroatoms. The van der Waals surface area contributed by atoms with E-state index >= 15 is 0 Å². The average molecular weight is 256 g/mol. The third kappa shape index (κ3) is 3.18. The number of nitrogens with one attached hydrogen (secondary N) is 1. The molecule has 3 nitrogen and oxygen atoms in total. The van der Waals surface area contributed by atoms with Gasteiger partial charge in [-0.05, 0) is 18.6 Å². The Morgan fingerprint density at radius 2 is 1.83 bits per heavy atom. The molecule has 1 N–H and O–H groups in total. The summed E-state index contributed by atoms with van der Waals surface area (Å²) in [7, 11) is 3.11. The number of hydrogen-bond donors (Lipinski definition) is 1. The van der Waals surface area contributed by atoms with Crippen molar-refractivity contribution < 1.29 is 13.6 Å². The Bertz CT molecular complexity index is 424. The van der Waals surface area contributed by atoms with E-state index in [1.807, 2.05) is 6.92 Å². The smallest absolute Gasteiger partial charge is 0.227 e. The molecular formula is C13H18F2N2O. The molecular weight excluding hydrogens is 238 g/mol. The lowest BCUT2D eigenvalue weighted by atomic mass is 10.1. The number of carbonyl (C=O) groups is 1. The first-order valence-corrected chi connectivity index (χ1v) is 5.84. The second-order valence-electron chi connectivity index (χ2n) is 4.48. The fourth-order valence-electron chi connectivity index (χ4n) is 1.52. The average Bonchev–Trinajstić information content (AvgIpc) is 2.26. The summed E-state index contributed by atoms with van der Waals surface area (Å²) in [5, 5.41) is 2.50. The minimum atomic E-state index is -0.695. The molecule has 0 saturated carbocycles. The first-order chi connectivity index (χ1) is 8.36. The van der Waals surface area contributed by atoms with E-state index in [1.54, 1.807) is 21.0 Å². The summed E-state index contributed by atoms with van der Waals surface area (Å²) >= 11 is 0. The van der Waals surface area contributed by atoms with Crippen LogP contribution in [0.2, 0.25) is 0 Å². The van der Waals surface area contributed by atoms with E-state index in [1.165, 1.54) is 4.90 Å². The van der Waals surface area contributed by atoms with Gasteiger partial charge < -0.3 is 10.2 Å². The Hall–Kier alpha value is -1.65. The van der Waals surface area contributed by atoms with Gasteiger partial charge in [-0.2, -0.15) is 0 Å². The van der Waals surface area contributed by atoms with Crippen LogP contribution in [0.4, 0.5) is 20.2 Å². The lowest BCUT2D eigenvalue weighted by Crippen LogP contribution is -2.20. The van der Waals surface area contributed by atoms with E-state index in [9.17, 15) is 13.6 Å². The Morgan fingerprint density at radius 3 is 2.22 bits per heavy atom. The molecule has 1 aromatic carbocycles. The molecule has 0 heterocycles. The molecule has 0 aliphatic heterocycles. The number of nitrogens with zero attached hydrogens (tertiary/aromatic N) is 1. The molecule has 18 heavy (non-hydrogen) atoms. The molecule has 0 aliphatic rings. The Balaban J connectivity index is 2.97. The van der Waals surface area contributed by atoms with Gasteiger partial charge >= 0.3 is 0 Å². The van der Waals surface area contributed by atoms with Gasteiger partial charge in [0.05, 0.1) is 0 Å². The first kappa shape index (κ1) is 14.4. The number of anilines is 2. The van der Waals surface area contributed by atoms with Crippen LogP contribution in [0.1, 0.15) is 20.3 Å². The highest BCUT2D eigenvalue weighted by atomic mass is 19.1. The number of halogens is 2. The third-order valence-corrected chi connectivity index (χ3v) is 2.79. The summed E-state index contributed by atoms with van der Waals surface area (Å²) in [6.45, 7) is 3.64. The second-order valence-corrected chi connectivity index (χ2v) is 4.48. The van der Waals surface area contributed by atoms with Crippen molar-refractivity contribution in [2.45, 2.75) is 20.3 Å². The predicted molar refractivity (Wildman–Crippen MR) is 68.8 cm³/mol. The van der Waals surface area contributed by atoms with E-state index in [2.05, 4.69) is 5.32 Å². The van der Waals surface area contributed by atoms with E-state index < -0.39 is 11.6 Å². The van der Waals surface area contributed by atoms with Crippen molar-refractivity contribution in [3.05, 3.63) is 23.8 Å². The molecule has 1 atom stereocenters. The minimum absolute atomic E-state index is 0.114.